The number of nitrogens with one attached hydrogen (secondary N) is 2. The molecule has 6 heteroatoms. The van der Waals surface area contributed by atoms with Crippen LogP contribution < -0.4 is 10.6 Å². The lowest BCUT2D eigenvalue weighted by atomic mass is 9.69. The molecule has 1 aliphatic carbocycles. The minimum Gasteiger partial charge on any atom is -0.362 e. The highest BCUT2D eigenvalue weighted by atomic mass is 32.1. The highest BCUT2D eigenvalue weighted by molar-refractivity contribution is 7.12. The van der Waals surface area contributed by atoms with Crippen LogP contribution in [-0.2, 0) is 15.0 Å². The highest BCUT2D eigenvalue weighted by Gasteiger charge is 2.43. The summed E-state index contributed by atoms with van der Waals surface area (Å²) < 4.78 is 14.3. The third kappa shape index (κ3) is 4.54. The number of rotatable bonds is 3. The number of ketones is 1. The van der Waals surface area contributed by atoms with E-state index in [4.69, 9.17) is 0 Å². The van der Waals surface area contributed by atoms with Crippen molar-refractivity contribution < 1.29 is 14.0 Å². The number of Topliss-reactive ketones (excluding diaryl/α,β-unsaturated/α-hetero) is 1. The molecule has 0 fully saturated rings. The van der Waals surface area contributed by atoms with Crippen LogP contribution in [-0.4, -0.2) is 11.7 Å². The van der Waals surface area contributed by atoms with Gasteiger partial charge >= 0.3 is 0 Å². The van der Waals surface area contributed by atoms with E-state index in [2.05, 4.69) is 51.3 Å². The number of carbonyl (C=O) groups excluding carboxylic acids is 2. The van der Waals surface area contributed by atoms with Gasteiger partial charge in [0.05, 0.1) is 11.6 Å². The molecular formula is C27H31FN2O2S. The Hall–Kier alpha value is -2.73. The van der Waals surface area contributed by atoms with Crippen LogP contribution in [0.25, 0.3) is 0 Å². The monoisotopic (exact) mass is 466 g/mol. The number of benzene rings is 1. The number of hydrogen-bond acceptors (Lipinski definition) is 4. The number of allylic oxidation sites excluding steroid dienone is 3. The topological polar surface area (TPSA) is 58.2 Å². The van der Waals surface area contributed by atoms with E-state index in [0.717, 1.165) is 17.0 Å². The Balaban J connectivity index is 1.82. The van der Waals surface area contributed by atoms with Crippen LogP contribution in [0.4, 0.5) is 10.1 Å². The third-order valence-corrected chi connectivity index (χ3v) is 7.83. The van der Waals surface area contributed by atoms with E-state index in [1.54, 1.807) is 23.5 Å². The minimum absolute atomic E-state index is 0.0417. The summed E-state index contributed by atoms with van der Waals surface area (Å²) in [4.78, 5) is 29.1. The van der Waals surface area contributed by atoms with Gasteiger partial charge in [0.2, 0.25) is 0 Å². The molecule has 0 spiro atoms. The largest absolute Gasteiger partial charge is 0.362 e. The molecule has 174 valence electrons. The maximum Gasteiger partial charge on any atom is 0.254 e. The lowest BCUT2D eigenvalue weighted by Crippen LogP contribution is -2.39. The van der Waals surface area contributed by atoms with Crippen molar-refractivity contribution in [2.75, 3.05) is 5.32 Å². The van der Waals surface area contributed by atoms with Crippen LogP contribution in [0.5, 0.6) is 0 Å². The molecule has 0 radical (unpaired) electrons. The first-order valence-corrected chi connectivity index (χ1v) is 12.1. The molecule has 4 nitrogen and oxygen atoms in total. The standard InChI is InChI=1S/C27H31FN2O2S/c1-15-22(25(32)30-17-10-8-7-9-16(17)28)24(20-11-12-21(33-20)26(2,3)4)23-18(29-15)13-27(5,6)14-19(23)31/h7-12,24,29H,13-14H2,1-6H3,(H,30,32). The van der Waals surface area contributed by atoms with E-state index in [-0.39, 0.29) is 22.3 Å². The third-order valence-electron chi connectivity index (χ3n) is 6.26. The highest BCUT2D eigenvalue weighted by Crippen LogP contribution is 2.48. The number of amides is 1. The van der Waals surface area contributed by atoms with E-state index in [1.165, 1.54) is 17.0 Å². The van der Waals surface area contributed by atoms with Crippen LogP contribution in [0.15, 0.2) is 58.9 Å². The van der Waals surface area contributed by atoms with E-state index < -0.39 is 17.6 Å². The van der Waals surface area contributed by atoms with Crippen molar-refractivity contribution in [3.63, 3.8) is 0 Å². The van der Waals surface area contributed by atoms with Crippen LogP contribution >= 0.6 is 11.3 Å². The van der Waals surface area contributed by atoms with Gasteiger partial charge in [-0.3, -0.25) is 9.59 Å². The Morgan fingerprint density at radius 3 is 2.48 bits per heavy atom. The van der Waals surface area contributed by atoms with Gasteiger partial charge < -0.3 is 10.6 Å². The molecule has 1 atom stereocenters. The van der Waals surface area contributed by atoms with E-state index in [0.29, 0.717) is 23.3 Å². The van der Waals surface area contributed by atoms with Crippen LogP contribution in [0, 0.1) is 11.2 Å². The lowest BCUT2D eigenvalue weighted by molar-refractivity contribution is -0.118. The summed E-state index contributed by atoms with van der Waals surface area (Å²) in [7, 11) is 0. The van der Waals surface area contributed by atoms with Gasteiger partial charge in [-0.25, -0.2) is 4.39 Å². The number of dihydropyridines is 1. The summed E-state index contributed by atoms with van der Waals surface area (Å²) in [5.74, 6) is -1.30. The molecule has 2 N–H and O–H groups in total. The second-order valence-corrected chi connectivity index (χ2v) is 11.9. The number of anilines is 1. The predicted molar refractivity (Wildman–Crippen MR) is 132 cm³/mol. The summed E-state index contributed by atoms with van der Waals surface area (Å²) in [5.41, 5.74) is 2.66. The molecule has 0 saturated heterocycles. The molecule has 2 heterocycles. The quantitative estimate of drug-likeness (QED) is 0.548. The first-order valence-electron chi connectivity index (χ1n) is 11.3. The predicted octanol–water partition coefficient (Wildman–Crippen LogP) is 6.43. The SMILES string of the molecule is CC1=C(C(=O)Nc2ccccc2F)C(c2ccc(C(C)(C)C)s2)C2=C(CC(C)(C)CC2=O)N1. The van der Waals surface area contributed by atoms with Crippen molar-refractivity contribution in [3.05, 3.63) is 74.5 Å². The van der Waals surface area contributed by atoms with E-state index >= 15 is 0 Å². The van der Waals surface area contributed by atoms with Gasteiger partial charge in [-0.2, -0.15) is 0 Å². The smallest absolute Gasteiger partial charge is 0.254 e. The molecule has 1 aliphatic heterocycles. The average molecular weight is 467 g/mol. The summed E-state index contributed by atoms with van der Waals surface area (Å²) in [6.45, 7) is 12.5. The van der Waals surface area contributed by atoms with Gasteiger partial charge in [0.25, 0.3) is 5.91 Å². The first kappa shape index (κ1) is 23.4. The number of hydrogen-bond donors (Lipinski definition) is 2. The summed E-state index contributed by atoms with van der Waals surface area (Å²) in [6, 6.07) is 10.2. The molecular weight excluding hydrogens is 435 g/mol. The van der Waals surface area contributed by atoms with Gasteiger partial charge in [0, 0.05) is 38.7 Å². The summed E-state index contributed by atoms with van der Waals surface area (Å²) in [5, 5.41) is 6.09. The number of para-hydroxylation sites is 1. The van der Waals surface area contributed by atoms with Crippen molar-refractivity contribution in [2.45, 2.75) is 65.7 Å². The van der Waals surface area contributed by atoms with Crippen LogP contribution in [0.2, 0.25) is 0 Å². The summed E-state index contributed by atoms with van der Waals surface area (Å²) >= 11 is 1.63. The average Bonchev–Trinajstić information content (AvgIpc) is 3.18. The fourth-order valence-corrected chi connectivity index (χ4v) is 5.87. The second kappa shape index (κ2) is 8.24. The molecule has 2 aromatic rings. The normalized spacial score (nSPS) is 20.5. The molecule has 2 aliphatic rings. The van der Waals surface area contributed by atoms with Crippen molar-refractivity contribution in [1.29, 1.82) is 0 Å². The zero-order valence-corrected chi connectivity index (χ0v) is 20.9. The maximum absolute atomic E-state index is 14.3. The van der Waals surface area contributed by atoms with Crippen molar-refractivity contribution in [1.82, 2.24) is 5.32 Å². The molecule has 1 aromatic carbocycles. The molecule has 1 unspecified atom stereocenters. The molecule has 4 rings (SSSR count). The van der Waals surface area contributed by atoms with Gasteiger partial charge in [-0.05, 0) is 48.4 Å². The van der Waals surface area contributed by atoms with Crippen LogP contribution in [0.1, 0.15) is 70.1 Å². The molecule has 0 saturated carbocycles. The van der Waals surface area contributed by atoms with Gasteiger partial charge in [0.1, 0.15) is 5.82 Å². The molecule has 1 aromatic heterocycles. The fourth-order valence-electron chi connectivity index (χ4n) is 4.68. The van der Waals surface area contributed by atoms with Gasteiger partial charge in [-0.1, -0.05) is 46.8 Å². The molecule has 0 bridgehead atoms. The number of carbonyl (C=O) groups is 2. The fraction of sp³-hybridized carbons (Fsp3) is 0.407. The number of thiophene rings is 1. The Kier molecular flexibility index (Phi) is 5.85. The van der Waals surface area contributed by atoms with Crippen molar-refractivity contribution in [3.8, 4) is 0 Å². The maximum atomic E-state index is 14.3. The first-order chi connectivity index (χ1) is 15.4. The van der Waals surface area contributed by atoms with E-state index in [9.17, 15) is 14.0 Å². The zero-order chi connectivity index (χ0) is 24.1. The zero-order valence-electron chi connectivity index (χ0n) is 20.1. The Labute approximate surface area is 199 Å². The van der Waals surface area contributed by atoms with Crippen LogP contribution in [0.3, 0.4) is 0 Å². The number of halogens is 1. The van der Waals surface area contributed by atoms with Gasteiger partial charge in [0.15, 0.2) is 5.78 Å². The second-order valence-electron chi connectivity index (χ2n) is 10.8. The lowest BCUT2D eigenvalue weighted by Gasteiger charge is -2.39. The minimum atomic E-state index is -0.494. The Bertz CT molecular complexity index is 1200. The summed E-state index contributed by atoms with van der Waals surface area (Å²) in [6.07, 6.45) is 1.17. The molecule has 33 heavy (non-hydrogen) atoms. The van der Waals surface area contributed by atoms with Gasteiger partial charge in [-0.15, -0.1) is 11.3 Å². The molecule has 1 amide bonds. The Morgan fingerprint density at radius 1 is 1.15 bits per heavy atom. The van der Waals surface area contributed by atoms with E-state index in [1.807, 2.05) is 13.0 Å². The van der Waals surface area contributed by atoms with Crippen molar-refractivity contribution in [2.24, 2.45) is 5.41 Å². The Morgan fingerprint density at radius 2 is 1.85 bits per heavy atom. The van der Waals surface area contributed by atoms with Crippen molar-refractivity contribution >= 4 is 28.7 Å².